The number of carbonyl (C=O) groups is 1. The molecule has 0 atom stereocenters. The van der Waals surface area contributed by atoms with Gasteiger partial charge in [0.1, 0.15) is 0 Å². The zero-order valence-corrected chi connectivity index (χ0v) is 17.0. The molecule has 152 valence electrons. The van der Waals surface area contributed by atoms with E-state index in [0.29, 0.717) is 36.8 Å². The van der Waals surface area contributed by atoms with E-state index < -0.39 is 10.0 Å². The summed E-state index contributed by atoms with van der Waals surface area (Å²) in [4.78, 5) is 16.6. The largest absolute Gasteiger partial charge is 0.352 e. The number of hydrogen-bond donors (Lipinski definition) is 1. The Kier molecular flexibility index (Phi) is 6.28. The highest BCUT2D eigenvalue weighted by Crippen LogP contribution is 2.22. The highest BCUT2D eigenvalue weighted by molar-refractivity contribution is 7.92. The Hall–Kier alpha value is -3.20. The molecule has 0 radical (unpaired) electrons. The van der Waals surface area contributed by atoms with Crippen LogP contribution in [-0.4, -0.2) is 38.1 Å². The number of sulfonamides is 1. The lowest BCUT2D eigenvalue weighted by atomic mass is 10.2. The van der Waals surface area contributed by atoms with Crippen LogP contribution < -0.4 is 9.62 Å². The lowest BCUT2D eigenvalue weighted by molar-refractivity contribution is 0.0952. The summed E-state index contributed by atoms with van der Waals surface area (Å²) in [5.41, 5.74) is 0.819. The number of nitrogens with one attached hydrogen (secondary N) is 1. The standard InChI is InChI=1S/C20H22N4O4S/c1-15-22-19(28-23-15)12-7-13-21-20(25)16-8-6-11-18(14-16)29(26,27)24(2)17-9-4-3-5-10-17/h3-6,8-11,14H,7,12-13H2,1-2H3,(H,21,25). The summed E-state index contributed by atoms with van der Waals surface area (Å²) in [5, 5.41) is 6.49. The molecule has 8 nitrogen and oxygen atoms in total. The van der Waals surface area contributed by atoms with Gasteiger partial charge in [0.15, 0.2) is 5.82 Å². The number of anilines is 1. The third kappa shape index (κ3) is 5.00. The van der Waals surface area contributed by atoms with Gasteiger partial charge in [-0.2, -0.15) is 4.98 Å². The van der Waals surface area contributed by atoms with E-state index in [-0.39, 0.29) is 16.4 Å². The van der Waals surface area contributed by atoms with Gasteiger partial charge in [0.25, 0.3) is 15.9 Å². The Balaban J connectivity index is 1.64. The molecule has 0 aliphatic heterocycles. The average Bonchev–Trinajstić information content (AvgIpc) is 3.16. The molecule has 0 bridgehead atoms. The fourth-order valence-electron chi connectivity index (χ4n) is 2.72. The van der Waals surface area contributed by atoms with E-state index in [0.717, 1.165) is 0 Å². The van der Waals surface area contributed by atoms with Crippen molar-refractivity contribution in [1.29, 1.82) is 0 Å². The number of para-hydroxylation sites is 1. The zero-order chi connectivity index (χ0) is 20.9. The SMILES string of the molecule is Cc1noc(CCCNC(=O)c2cccc(S(=O)(=O)N(C)c3ccccc3)c2)n1. The fourth-order valence-corrected chi connectivity index (χ4v) is 3.96. The van der Waals surface area contributed by atoms with Crippen LogP contribution in [0, 0.1) is 6.92 Å². The number of carbonyl (C=O) groups excluding carboxylic acids is 1. The maximum absolute atomic E-state index is 12.9. The first kappa shape index (κ1) is 20.5. The summed E-state index contributed by atoms with van der Waals surface area (Å²) in [7, 11) is -2.30. The first-order chi connectivity index (χ1) is 13.9. The molecule has 3 rings (SSSR count). The van der Waals surface area contributed by atoms with Gasteiger partial charge < -0.3 is 9.84 Å². The smallest absolute Gasteiger partial charge is 0.264 e. The van der Waals surface area contributed by atoms with Crippen molar-refractivity contribution >= 4 is 21.6 Å². The van der Waals surface area contributed by atoms with Crippen molar-refractivity contribution in [2.75, 3.05) is 17.9 Å². The Morgan fingerprint density at radius 3 is 2.59 bits per heavy atom. The third-order valence-electron chi connectivity index (χ3n) is 4.30. The molecule has 0 saturated carbocycles. The van der Waals surface area contributed by atoms with Crippen LogP contribution in [0.3, 0.4) is 0 Å². The third-order valence-corrected chi connectivity index (χ3v) is 6.08. The molecule has 0 spiro atoms. The fraction of sp³-hybridized carbons (Fsp3) is 0.250. The number of aryl methyl sites for hydroxylation is 2. The van der Waals surface area contributed by atoms with Crippen LogP contribution in [0.15, 0.2) is 64.0 Å². The maximum Gasteiger partial charge on any atom is 0.264 e. The predicted octanol–water partition coefficient (Wildman–Crippen LogP) is 2.57. The second kappa shape index (κ2) is 8.87. The van der Waals surface area contributed by atoms with Gasteiger partial charge in [-0.3, -0.25) is 9.10 Å². The van der Waals surface area contributed by atoms with Gasteiger partial charge in [-0.05, 0) is 43.7 Å². The summed E-state index contributed by atoms with van der Waals surface area (Å²) in [6.07, 6.45) is 1.18. The summed E-state index contributed by atoms with van der Waals surface area (Å²) in [6, 6.07) is 14.8. The van der Waals surface area contributed by atoms with E-state index in [2.05, 4.69) is 15.5 Å². The monoisotopic (exact) mass is 414 g/mol. The van der Waals surface area contributed by atoms with E-state index >= 15 is 0 Å². The number of aromatic nitrogens is 2. The van der Waals surface area contributed by atoms with Crippen LogP contribution in [0.5, 0.6) is 0 Å². The van der Waals surface area contributed by atoms with E-state index in [1.807, 2.05) is 6.07 Å². The normalized spacial score (nSPS) is 11.2. The summed E-state index contributed by atoms with van der Waals surface area (Å²) in [6.45, 7) is 2.15. The van der Waals surface area contributed by atoms with Crippen molar-refractivity contribution in [3.8, 4) is 0 Å². The molecular weight excluding hydrogens is 392 g/mol. The van der Waals surface area contributed by atoms with Crippen molar-refractivity contribution in [2.45, 2.75) is 24.7 Å². The van der Waals surface area contributed by atoms with E-state index in [1.165, 1.54) is 23.5 Å². The van der Waals surface area contributed by atoms with E-state index in [1.54, 1.807) is 43.3 Å². The topological polar surface area (TPSA) is 105 Å². The van der Waals surface area contributed by atoms with Gasteiger partial charge >= 0.3 is 0 Å². The average molecular weight is 414 g/mol. The number of rotatable bonds is 8. The van der Waals surface area contributed by atoms with Gasteiger partial charge in [-0.1, -0.05) is 29.4 Å². The van der Waals surface area contributed by atoms with Crippen molar-refractivity contribution < 1.29 is 17.7 Å². The second-order valence-corrected chi connectivity index (χ2v) is 8.40. The Morgan fingerprint density at radius 1 is 1.14 bits per heavy atom. The Bertz CT molecular complexity index is 1080. The van der Waals surface area contributed by atoms with Crippen molar-refractivity contribution in [1.82, 2.24) is 15.5 Å². The van der Waals surface area contributed by atoms with Crippen LogP contribution in [0.2, 0.25) is 0 Å². The molecule has 1 aromatic heterocycles. The Morgan fingerprint density at radius 2 is 1.90 bits per heavy atom. The minimum atomic E-state index is -3.78. The van der Waals surface area contributed by atoms with Crippen LogP contribution in [0.25, 0.3) is 0 Å². The number of benzene rings is 2. The molecule has 2 aromatic carbocycles. The first-order valence-electron chi connectivity index (χ1n) is 9.09. The lowest BCUT2D eigenvalue weighted by Crippen LogP contribution is -2.28. The zero-order valence-electron chi connectivity index (χ0n) is 16.2. The quantitative estimate of drug-likeness (QED) is 0.568. The van der Waals surface area contributed by atoms with Crippen molar-refractivity contribution in [2.24, 2.45) is 0 Å². The van der Waals surface area contributed by atoms with Crippen molar-refractivity contribution in [3.63, 3.8) is 0 Å². The lowest BCUT2D eigenvalue weighted by Gasteiger charge is -2.19. The van der Waals surface area contributed by atoms with Gasteiger partial charge in [0.05, 0.1) is 10.6 Å². The van der Waals surface area contributed by atoms with Crippen LogP contribution >= 0.6 is 0 Å². The molecule has 0 aliphatic rings. The molecule has 0 aliphatic carbocycles. The molecule has 9 heteroatoms. The highest BCUT2D eigenvalue weighted by Gasteiger charge is 2.22. The summed E-state index contributed by atoms with van der Waals surface area (Å²) in [5.74, 6) is 0.752. The molecule has 1 amide bonds. The molecule has 3 aromatic rings. The summed E-state index contributed by atoms with van der Waals surface area (Å²) < 4.78 is 32.0. The number of amides is 1. The minimum Gasteiger partial charge on any atom is -0.352 e. The van der Waals surface area contributed by atoms with Gasteiger partial charge in [0.2, 0.25) is 5.89 Å². The maximum atomic E-state index is 12.9. The van der Waals surface area contributed by atoms with E-state index in [4.69, 9.17) is 4.52 Å². The first-order valence-corrected chi connectivity index (χ1v) is 10.5. The molecule has 1 N–H and O–H groups in total. The molecule has 0 unspecified atom stereocenters. The van der Waals surface area contributed by atoms with Gasteiger partial charge in [0, 0.05) is 25.6 Å². The molecule has 29 heavy (non-hydrogen) atoms. The van der Waals surface area contributed by atoms with Crippen molar-refractivity contribution in [3.05, 3.63) is 71.9 Å². The van der Waals surface area contributed by atoms with Gasteiger partial charge in [-0.25, -0.2) is 8.42 Å². The van der Waals surface area contributed by atoms with Crippen LogP contribution in [0.4, 0.5) is 5.69 Å². The molecule has 0 saturated heterocycles. The number of hydrogen-bond acceptors (Lipinski definition) is 6. The van der Waals surface area contributed by atoms with E-state index in [9.17, 15) is 13.2 Å². The predicted molar refractivity (Wildman–Crippen MR) is 108 cm³/mol. The Labute approximate surface area is 169 Å². The van der Waals surface area contributed by atoms with Gasteiger partial charge in [-0.15, -0.1) is 0 Å². The molecule has 1 heterocycles. The van der Waals surface area contributed by atoms with Crippen LogP contribution in [-0.2, 0) is 16.4 Å². The highest BCUT2D eigenvalue weighted by atomic mass is 32.2. The second-order valence-electron chi connectivity index (χ2n) is 6.43. The molecule has 0 fully saturated rings. The minimum absolute atomic E-state index is 0.0536. The summed E-state index contributed by atoms with van der Waals surface area (Å²) >= 11 is 0. The molecular formula is C20H22N4O4S. The van der Waals surface area contributed by atoms with Crippen LogP contribution in [0.1, 0.15) is 28.5 Å². The number of nitrogens with zero attached hydrogens (tertiary/aromatic N) is 3.